The number of amides is 3. The third-order valence-electron chi connectivity index (χ3n) is 6.33. The zero-order valence-electron chi connectivity index (χ0n) is 21.1. The minimum atomic E-state index is -1.50. The van der Waals surface area contributed by atoms with Crippen molar-refractivity contribution in [1.29, 1.82) is 0 Å². The maximum Gasteiger partial charge on any atom is 0.335 e. The molecule has 0 bridgehead atoms. The Bertz CT molecular complexity index is 1370. The molecule has 0 radical (unpaired) electrons. The molecule has 39 heavy (non-hydrogen) atoms. The van der Waals surface area contributed by atoms with Gasteiger partial charge < -0.3 is 35.2 Å². The molecule has 10 nitrogen and oxygen atoms in total. The first-order valence-electron chi connectivity index (χ1n) is 12.2. The van der Waals surface area contributed by atoms with E-state index in [4.69, 9.17) is 26.2 Å². The first-order valence-corrected chi connectivity index (χ1v) is 12.5. The van der Waals surface area contributed by atoms with E-state index < -0.39 is 17.7 Å². The predicted molar refractivity (Wildman–Crippen MR) is 146 cm³/mol. The average molecular weight is 554 g/mol. The number of hydrogen-bond acceptors (Lipinski definition) is 6. The fourth-order valence-electron chi connectivity index (χ4n) is 4.32. The van der Waals surface area contributed by atoms with E-state index in [-0.39, 0.29) is 24.5 Å². The van der Waals surface area contributed by atoms with Crippen molar-refractivity contribution in [3.05, 3.63) is 82.9 Å². The first kappa shape index (κ1) is 27.7. The quantitative estimate of drug-likeness (QED) is 0.303. The number of carboxylic acid groups (broad SMARTS) is 1. The number of likely N-dealkylation sites (tertiary alicyclic amines) is 1. The summed E-state index contributed by atoms with van der Waals surface area (Å²) in [7, 11) is 1.46. The van der Waals surface area contributed by atoms with E-state index in [1.54, 1.807) is 42.5 Å². The number of methoxy groups -OCH3 is 1. The second-order valence-corrected chi connectivity index (χ2v) is 9.43. The normalized spacial score (nSPS) is 16.4. The first-order chi connectivity index (χ1) is 18.7. The maximum atomic E-state index is 13.2. The van der Waals surface area contributed by atoms with Gasteiger partial charge in [0.1, 0.15) is 18.1 Å². The average Bonchev–Trinajstić information content (AvgIpc) is 3.31. The number of benzene rings is 3. The number of para-hydroxylation sites is 1. The van der Waals surface area contributed by atoms with Crippen molar-refractivity contribution in [3.8, 4) is 11.5 Å². The summed E-state index contributed by atoms with van der Waals surface area (Å²) in [4.78, 5) is 38.1. The van der Waals surface area contributed by atoms with Crippen LogP contribution in [-0.4, -0.2) is 59.0 Å². The number of aliphatic hydroxyl groups is 1. The molecular weight excluding hydrogens is 526 g/mol. The Hall–Kier alpha value is -4.28. The molecule has 1 atom stereocenters. The van der Waals surface area contributed by atoms with Gasteiger partial charge in [0, 0.05) is 13.0 Å². The number of aromatic carboxylic acids is 1. The molecule has 4 rings (SSSR count). The van der Waals surface area contributed by atoms with Gasteiger partial charge in [-0.05, 0) is 60.5 Å². The highest BCUT2D eigenvalue weighted by Crippen LogP contribution is 2.31. The molecule has 1 aliphatic heterocycles. The lowest BCUT2D eigenvalue weighted by molar-refractivity contribution is -0.157. The molecule has 11 heteroatoms. The Kier molecular flexibility index (Phi) is 8.58. The van der Waals surface area contributed by atoms with Crippen molar-refractivity contribution in [1.82, 2.24) is 4.90 Å². The summed E-state index contributed by atoms with van der Waals surface area (Å²) in [5, 5.41) is 26.0. The molecule has 0 saturated carbocycles. The van der Waals surface area contributed by atoms with Crippen LogP contribution in [0.1, 0.15) is 28.8 Å². The van der Waals surface area contributed by atoms with Crippen molar-refractivity contribution >= 4 is 40.9 Å². The van der Waals surface area contributed by atoms with Gasteiger partial charge in [0.25, 0.3) is 0 Å². The predicted octanol–water partition coefficient (Wildman–Crippen LogP) is 4.62. The SMILES string of the molecule is COc1cc(CC(=O)N2CCC[C@]2(O)COc2ccc(C(=O)O)cc2)ccc1NC(=O)Nc1ccccc1Cl. The number of nitrogens with zero attached hydrogens (tertiary/aromatic N) is 1. The third kappa shape index (κ3) is 6.78. The summed E-state index contributed by atoms with van der Waals surface area (Å²) in [6.07, 6.45) is 0.951. The molecular formula is C28H28ClN3O7. The fourth-order valence-corrected chi connectivity index (χ4v) is 4.50. The van der Waals surface area contributed by atoms with Gasteiger partial charge in [-0.15, -0.1) is 0 Å². The summed E-state index contributed by atoms with van der Waals surface area (Å²) in [5.74, 6) is -0.592. The topological polar surface area (TPSA) is 137 Å². The van der Waals surface area contributed by atoms with Crippen LogP contribution in [0.15, 0.2) is 66.7 Å². The van der Waals surface area contributed by atoms with Gasteiger partial charge >= 0.3 is 12.0 Å². The standard InChI is InChI=1S/C28H28ClN3O7/c1-38-24-15-18(7-12-23(24)31-27(36)30-22-6-3-2-5-21(22)29)16-25(33)32-14-4-13-28(32,37)17-39-20-10-8-19(9-11-20)26(34)35/h2-3,5-12,15,37H,4,13-14,16-17H2,1H3,(H,34,35)(H2,30,31,36)/t28-/m0/s1. The summed E-state index contributed by atoms with van der Waals surface area (Å²) >= 11 is 6.09. The van der Waals surface area contributed by atoms with Crippen LogP contribution in [0.3, 0.4) is 0 Å². The summed E-state index contributed by atoms with van der Waals surface area (Å²) in [6, 6.07) is 17.1. The van der Waals surface area contributed by atoms with Crippen molar-refractivity contribution in [2.75, 3.05) is 30.9 Å². The largest absolute Gasteiger partial charge is 0.495 e. The molecule has 1 aliphatic rings. The van der Waals surface area contributed by atoms with Gasteiger partial charge in [-0.25, -0.2) is 9.59 Å². The van der Waals surface area contributed by atoms with Crippen LogP contribution < -0.4 is 20.1 Å². The molecule has 0 aliphatic carbocycles. The van der Waals surface area contributed by atoms with Crippen LogP contribution in [0.25, 0.3) is 0 Å². The number of halogens is 1. The van der Waals surface area contributed by atoms with E-state index in [1.807, 2.05) is 0 Å². The number of rotatable bonds is 9. The lowest BCUT2D eigenvalue weighted by Crippen LogP contribution is -2.51. The summed E-state index contributed by atoms with van der Waals surface area (Å²) in [6.45, 7) is 0.216. The molecule has 1 saturated heterocycles. The molecule has 3 aromatic carbocycles. The van der Waals surface area contributed by atoms with E-state index in [0.29, 0.717) is 52.8 Å². The van der Waals surface area contributed by atoms with E-state index in [0.717, 1.165) is 0 Å². The van der Waals surface area contributed by atoms with E-state index in [1.165, 1.54) is 36.3 Å². The highest BCUT2D eigenvalue weighted by atomic mass is 35.5. The molecule has 0 spiro atoms. The molecule has 1 heterocycles. The van der Waals surface area contributed by atoms with Crippen molar-refractivity contribution < 1.29 is 34.1 Å². The van der Waals surface area contributed by atoms with Crippen LogP contribution in [-0.2, 0) is 11.2 Å². The molecule has 0 aromatic heterocycles. The van der Waals surface area contributed by atoms with E-state index >= 15 is 0 Å². The molecule has 0 unspecified atom stereocenters. The van der Waals surface area contributed by atoms with Gasteiger partial charge in [0.2, 0.25) is 5.91 Å². The number of ether oxygens (including phenoxy) is 2. The van der Waals surface area contributed by atoms with Crippen molar-refractivity contribution in [2.24, 2.45) is 0 Å². The van der Waals surface area contributed by atoms with E-state index in [9.17, 15) is 19.5 Å². The second kappa shape index (κ2) is 12.1. The van der Waals surface area contributed by atoms with Crippen molar-refractivity contribution in [2.45, 2.75) is 25.0 Å². The van der Waals surface area contributed by atoms with Gasteiger partial charge in [-0.3, -0.25) is 4.79 Å². The Labute approximate surface area is 230 Å². The number of nitrogens with one attached hydrogen (secondary N) is 2. The molecule has 3 amide bonds. The van der Waals surface area contributed by atoms with Crippen LogP contribution in [0.2, 0.25) is 5.02 Å². The molecule has 3 aromatic rings. The minimum absolute atomic E-state index is 0.00191. The maximum absolute atomic E-state index is 13.2. The van der Waals surface area contributed by atoms with Gasteiger partial charge in [0.05, 0.1) is 35.5 Å². The number of hydrogen-bond donors (Lipinski definition) is 4. The smallest absolute Gasteiger partial charge is 0.335 e. The Morgan fingerprint density at radius 1 is 1.03 bits per heavy atom. The van der Waals surface area contributed by atoms with Crippen LogP contribution in [0, 0.1) is 0 Å². The second-order valence-electron chi connectivity index (χ2n) is 9.02. The monoisotopic (exact) mass is 553 g/mol. The summed E-state index contributed by atoms with van der Waals surface area (Å²) < 4.78 is 11.1. The highest BCUT2D eigenvalue weighted by molar-refractivity contribution is 6.33. The lowest BCUT2D eigenvalue weighted by Gasteiger charge is -2.33. The highest BCUT2D eigenvalue weighted by Gasteiger charge is 2.42. The Morgan fingerprint density at radius 2 is 1.74 bits per heavy atom. The summed E-state index contributed by atoms with van der Waals surface area (Å²) in [5.41, 5.74) is 0.116. The van der Waals surface area contributed by atoms with E-state index in [2.05, 4.69) is 10.6 Å². The zero-order chi connectivity index (χ0) is 28.0. The number of urea groups is 1. The molecule has 204 valence electrons. The van der Waals surface area contributed by atoms with Crippen LogP contribution >= 0.6 is 11.6 Å². The molecule has 4 N–H and O–H groups in total. The van der Waals surface area contributed by atoms with Crippen molar-refractivity contribution in [3.63, 3.8) is 0 Å². The van der Waals surface area contributed by atoms with Gasteiger partial charge in [0.15, 0.2) is 5.72 Å². The van der Waals surface area contributed by atoms with Gasteiger partial charge in [-0.2, -0.15) is 0 Å². The number of carbonyl (C=O) groups is 3. The lowest BCUT2D eigenvalue weighted by atomic mass is 10.1. The third-order valence-corrected chi connectivity index (χ3v) is 6.65. The molecule has 1 fully saturated rings. The zero-order valence-corrected chi connectivity index (χ0v) is 21.9. The number of carbonyl (C=O) groups excluding carboxylic acids is 2. The number of anilines is 2. The van der Waals surface area contributed by atoms with Crippen LogP contribution in [0.5, 0.6) is 11.5 Å². The number of carboxylic acids is 1. The fraction of sp³-hybridized carbons (Fsp3) is 0.250. The van der Waals surface area contributed by atoms with Gasteiger partial charge in [-0.1, -0.05) is 29.8 Å². The van der Waals surface area contributed by atoms with Crippen LogP contribution in [0.4, 0.5) is 16.2 Å². The Morgan fingerprint density at radius 3 is 2.44 bits per heavy atom. The Balaban J connectivity index is 1.38. The minimum Gasteiger partial charge on any atom is -0.495 e.